The number of hydrogen-bond donors (Lipinski definition) is 1. The maximum atomic E-state index is 10.6. The molecule has 2 aromatic carbocycles. The van der Waals surface area contributed by atoms with Gasteiger partial charge in [0.25, 0.3) is 0 Å². The van der Waals surface area contributed by atoms with Crippen LogP contribution < -0.4 is 4.74 Å². The van der Waals surface area contributed by atoms with Gasteiger partial charge in [-0.2, -0.15) is 0 Å². The van der Waals surface area contributed by atoms with Gasteiger partial charge in [-0.3, -0.25) is 4.79 Å². The molecule has 0 bridgehead atoms. The van der Waals surface area contributed by atoms with Crippen LogP contribution in [0.3, 0.4) is 0 Å². The molecule has 0 fully saturated rings. The van der Waals surface area contributed by atoms with Crippen LogP contribution in [-0.4, -0.2) is 11.1 Å². The van der Waals surface area contributed by atoms with Gasteiger partial charge in [-0.1, -0.05) is 41.5 Å². The third kappa shape index (κ3) is 4.12. The normalized spacial score (nSPS) is 10.3. The number of carboxylic acids is 1. The molecule has 2 rings (SSSR count). The van der Waals surface area contributed by atoms with Gasteiger partial charge in [0.2, 0.25) is 0 Å². The number of hydrogen-bond acceptors (Lipinski definition) is 2. The Morgan fingerprint density at radius 2 is 1.60 bits per heavy atom. The van der Waals surface area contributed by atoms with Crippen molar-refractivity contribution in [2.45, 2.75) is 26.9 Å². The molecule has 0 aromatic heterocycles. The van der Waals surface area contributed by atoms with Crippen molar-refractivity contribution in [1.29, 1.82) is 0 Å². The first-order valence-electron chi connectivity index (χ1n) is 6.53. The van der Waals surface area contributed by atoms with E-state index in [1.54, 1.807) is 24.3 Å². The highest BCUT2D eigenvalue weighted by Crippen LogP contribution is 2.16. The summed E-state index contributed by atoms with van der Waals surface area (Å²) >= 11 is 0. The first kappa shape index (κ1) is 14.1. The molecular formula is C17H18O3. The fourth-order valence-electron chi connectivity index (χ4n) is 2.20. The van der Waals surface area contributed by atoms with E-state index in [0.29, 0.717) is 6.61 Å². The molecular weight excluding hydrogens is 252 g/mol. The quantitative estimate of drug-likeness (QED) is 0.904. The second-order valence-corrected chi connectivity index (χ2v) is 5.00. The molecule has 2 aromatic rings. The number of ether oxygens (including phenoxy) is 1. The van der Waals surface area contributed by atoms with Crippen LogP contribution in [0.5, 0.6) is 5.75 Å². The molecule has 0 aliphatic rings. The highest BCUT2D eigenvalue weighted by molar-refractivity contribution is 5.70. The summed E-state index contributed by atoms with van der Waals surface area (Å²) in [6, 6.07) is 13.5. The van der Waals surface area contributed by atoms with E-state index < -0.39 is 5.97 Å². The second-order valence-electron chi connectivity index (χ2n) is 5.00. The van der Waals surface area contributed by atoms with Crippen LogP contribution in [0, 0.1) is 13.8 Å². The van der Waals surface area contributed by atoms with Crippen molar-refractivity contribution in [1.82, 2.24) is 0 Å². The van der Waals surface area contributed by atoms with Gasteiger partial charge >= 0.3 is 5.97 Å². The van der Waals surface area contributed by atoms with Gasteiger partial charge in [0.15, 0.2) is 0 Å². The monoisotopic (exact) mass is 270 g/mol. The van der Waals surface area contributed by atoms with E-state index in [1.807, 2.05) is 0 Å². The fraction of sp³-hybridized carbons (Fsp3) is 0.235. The first-order valence-corrected chi connectivity index (χ1v) is 6.53. The van der Waals surface area contributed by atoms with Crippen LogP contribution in [0.2, 0.25) is 0 Å². The molecule has 0 aliphatic carbocycles. The lowest BCUT2D eigenvalue weighted by molar-refractivity contribution is -0.136. The van der Waals surface area contributed by atoms with Crippen molar-refractivity contribution in [2.75, 3.05) is 0 Å². The summed E-state index contributed by atoms with van der Waals surface area (Å²) in [7, 11) is 0. The van der Waals surface area contributed by atoms with E-state index in [1.165, 1.54) is 11.1 Å². The van der Waals surface area contributed by atoms with Gasteiger partial charge in [0.1, 0.15) is 12.4 Å². The van der Waals surface area contributed by atoms with E-state index >= 15 is 0 Å². The Bertz CT molecular complexity index is 580. The summed E-state index contributed by atoms with van der Waals surface area (Å²) in [4.78, 5) is 10.6. The fourth-order valence-corrected chi connectivity index (χ4v) is 2.20. The zero-order valence-electron chi connectivity index (χ0n) is 11.7. The number of aryl methyl sites for hydroxylation is 2. The van der Waals surface area contributed by atoms with Crippen LogP contribution in [-0.2, 0) is 17.8 Å². The van der Waals surface area contributed by atoms with E-state index in [9.17, 15) is 4.79 Å². The second kappa shape index (κ2) is 6.24. The summed E-state index contributed by atoms with van der Waals surface area (Å²) < 4.78 is 5.71. The maximum absolute atomic E-state index is 10.6. The Morgan fingerprint density at radius 3 is 2.15 bits per heavy atom. The van der Waals surface area contributed by atoms with Gasteiger partial charge in [0, 0.05) is 0 Å². The molecule has 0 saturated heterocycles. The van der Waals surface area contributed by atoms with Crippen molar-refractivity contribution in [3.05, 3.63) is 64.7 Å². The van der Waals surface area contributed by atoms with E-state index in [4.69, 9.17) is 9.84 Å². The molecule has 20 heavy (non-hydrogen) atoms. The largest absolute Gasteiger partial charge is 0.489 e. The Labute approximate surface area is 118 Å². The summed E-state index contributed by atoms with van der Waals surface area (Å²) in [5.41, 5.74) is 4.36. The van der Waals surface area contributed by atoms with E-state index in [2.05, 4.69) is 32.0 Å². The Morgan fingerprint density at radius 1 is 1.00 bits per heavy atom. The molecule has 0 atom stereocenters. The summed E-state index contributed by atoms with van der Waals surface area (Å²) in [6.45, 7) is 4.65. The third-order valence-electron chi connectivity index (χ3n) is 2.97. The highest BCUT2D eigenvalue weighted by atomic mass is 16.5. The van der Waals surface area contributed by atoms with Gasteiger partial charge in [-0.15, -0.1) is 0 Å². The van der Waals surface area contributed by atoms with Gasteiger partial charge < -0.3 is 9.84 Å². The maximum Gasteiger partial charge on any atom is 0.307 e. The summed E-state index contributed by atoms with van der Waals surface area (Å²) in [5, 5.41) is 8.71. The number of benzene rings is 2. The van der Waals surface area contributed by atoms with E-state index in [-0.39, 0.29) is 6.42 Å². The van der Waals surface area contributed by atoms with Crippen LogP contribution in [0.1, 0.15) is 22.3 Å². The predicted molar refractivity (Wildman–Crippen MR) is 78.0 cm³/mol. The van der Waals surface area contributed by atoms with Gasteiger partial charge in [0.05, 0.1) is 6.42 Å². The number of rotatable bonds is 5. The van der Waals surface area contributed by atoms with Crippen LogP contribution in [0.25, 0.3) is 0 Å². The Balaban J connectivity index is 1.98. The van der Waals surface area contributed by atoms with Crippen molar-refractivity contribution in [2.24, 2.45) is 0 Å². The lowest BCUT2D eigenvalue weighted by Crippen LogP contribution is -2.00. The van der Waals surface area contributed by atoms with Crippen molar-refractivity contribution < 1.29 is 14.6 Å². The molecule has 0 radical (unpaired) electrons. The molecule has 0 spiro atoms. The van der Waals surface area contributed by atoms with Crippen LogP contribution in [0.15, 0.2) is 42.5 Å². The highest BCUT2D eigenvalue weighted by Gasteiger charge is 2.02. The van der Waals surface area contributed by atoms with Crippen molar-refractivity contribution in [3.8, 4) is 5.75 Å². The number of carbonyl (C=O) groups is 1. The summed E-state index contributed by atoms with van der Waals surface area (Å²) in [6.07, 6.45) is 0.0390. The lowest BCUT2D eigenvalue weighted by atomic mass is 10.1. The molecule has 3 nitrogen and oxygen atoms in total. The molecule has 104 valence electrons. The van der Waals surface area contributed by atoms with E-state index in [0.717, 1.165) is 16.9 Å². The third-order valence-corrected chi connectivity index (χ3v) is 2.97. The number of aliphatic carboxylic acids is 1. The molecule has 0 amide bonds. The Hall–Kier alpha value is -2.29. The molecule has 0 heterocycles. The zero-order chi connectivity index (χ0) is 14.5. The van der Waals surface area contributed by atoms with Crippen molar-refractivity contribution in [3.63, 3.8) is 0 Å². The molecule has 3 heteroatoms. The minimum absolute atomic E-state index is 0.0390. The number of carboxylic acid groups (broad SMARTS) is 1. The topological polar surface area (TPSA) is 46.5 Å². The van der Waals surface area contributed by atoms with Crippen LogP contribution in [0.4, 0.5) is 0 Å². The van der Waals surface area contributed by atoms with Crippen molar-refractivity contribution >= 4 is 5.97 Å². The molecule has 0 aliphatic heterocycles. The molecule has 1 N–H and O–H groups in total. The van der Waals surface area contributed by atoms with Gasteiger partial charge in [-0.05, 0) is 37.1 Å². The zero-order valence-corrected chi connectivity index (χ0v) is 11.7. The average Bonchev–Trinajstić information content (AvgIpc) is 2.36. The average molecular weight is 270 g/mol. The van der Waals surface area contributed by atoms with Gasteiger partial charge in [-0.25, -0.2) is 0 Å². The smallest absolute Gasteiger partial charge is 0.307 e. The summed E-state index contributed by atoms with van der Waals surface area (Å²) in [5.74, 6) is -0.0767. The van der Waals surface area contributed by atoms with Crippen LogP contribution >= 0.6 is 0 Å². The molecule has 0 saturated carbocycles. The minimum Gasteiger partial charge on any atom is -0.489 e. The first-order chi connectivity index (χ1) is 9.52. The standard InChI is InChI=1S/C17H18O3/c1-12-7-13(2)9-15(8-12)11-20-16-5-3-14(4-6-16)10-17(18)19/h3-9H,10-11H2,1-2H3,(H,18,19). The minimum atomic E-state index is -0.825. The molecule has 0 unspecified atom stereocenters. The predicted octanol–water partition coefficient (Wildman–Crippen LogP) is 3.51. The SMILES string of the molecule is Cc1cc(C)cc(COc2ccc(CC(=O)O)cc2)c1. The lowest BCUT2D eigenvalue weighted by Gasteiger charge is -2.08. The Kier molecular flexibility index (Phi) is 4.41.